The second-order valence-electron chi connectivity index (χ2n) is 9.77. The van der Waals surface area contributed by atoms with Crippen LogP contribution in [0.2, 0.25) is 0 Å². The third kappa shape index (κ3) is 4.09. The molecule has 0 N–H and O–H groups in total. The Morgan fingerprint density at radius 1 is 0.786 bits per heavy atom. The van der Waals surface area contributed by atoms with Crippen molar-refractivity contribution >= 4 is 27.8 Å². The molecule has 0 fully saturated rings. The molecule has 0 spiro atoms. The van der Waals surface area contributed by atoms with E-state index >= 15 is 0 Å². The van der Waals surface area contributed by atoms with E-state index in [1.54, 1.807) is 34.5 Å². The van der Waals surface area contributed by atoms with Gasteiger partial charge >= 0.3 is 11.6 Å². The number of rotatable bonds is 7. The van der Waals surface area contributed by atoms with E-state index in [1.165, 1.54) is 20.1 Å². The molecule has 6 rings (SSSR count). The summed E-state index contributed by atoms with van der Waals surface area (Å²) >= 11 is 0. The van der Waals surface area contributed by atoms with Crippen molar-refractivity contribution in [1.29, 1.82) is 0 Å². The van der Waals surface area contributed by atoms with Gasteiger partial charge in [0.15, 0.2) is 34.5 Å². The molecular formula is C32H29NO9. The fraction of sp³-hybridized carbons (Fsp3) is 0.250. The highest BCUT2D eigenvalue weighted by Crippen LogP contribution is 2.50. The second-order valence-corrected chi connectivity index (χ2v) is 9.77. The number of nitrogens with zero attached hydrogens (tertiary/aromatic N) is 1. The number of benzene rings is 3. The Bertz CT molecular complexity index is 1950. The van der Waals surface area contributed by atoms with E-state index in [0.717, 1.165) is 27.9 Å². The highest BCUT2D eigenvalue weighted by molar-refractivity contribution is 6.17. The number of fused-ring (bicyclic) bond motifs is 7. The molecule has 0 saturated carbocycles. The van der Waals surface area contributed by atoms with Gasteiger partial charge in [-0.3, -0.25) is 4.79 Å². The smallest absolute Gasteiger partial charge is 0.361 e. The van der Waals surface area contributed by atoms with Gasteiger partial charge in [0, 0.05) is 41.4 Å². The summed E-state index contributed by atoms with van der Waals surface area (Å²) in [5.74, 6) is 2.25. The van der Waals surface area contributed by atoms with Crippen molar-refractivity contribution < 1.29 is 37.6 Å². The number of aryl methyl sites for hydroxylation is 2. The molecule has 0 aliphatic carbocycles. The molecule has 0 atom stereocenters. The maximum Gasteiger partial charge on any atom is 0.361 e. The van der Waals surface area contributed by atoms with Gasteiger partial charge in [0.2, 0.25) is 0 Å². The Kier molecular flexibility index (Phi) is 6.68. The largest absolute Gasteiger partial charge is 0.493 e. The zero-order chi connectivity index (χ0) is 29.7. The Morgan fingerprint density at radius 2 is 1.43 bits per heavy atom. The van der Waals surface area contributed by atoms with Crippen LogP contribution in [0.4, 0.5) is 0 Å². The molecule has 0 saturated heterocycles. The maximum absolute atomic E-state index is 13.7. The van der Waals surface area contributed by atoms with Crippen molar-refractivity contribution in [2.75, 3.05) is 35.5 Å². The average Bonchev–Trinajstić information content (AvgIpc) is 3.35. The molecule has 0 unspecified atom stereocenters. The third-order valence-corrected chi connectivity index (χ3v) is 7.59. The predicted molar refractivity (Wildman–Crippen MR) is 157 cm³/mol. The van der Waals surface area contributed by atoms with E-state index in [0.29, 0.717) is 58.0 Å². The molecule has 0 bridgehead atoms. The maximum atomic E-state index is 13.7. The van der Waals surface area contributed by atoms with Gasteiger partial charge in [-0.2, -0.15) is 0 Å². The van der Waals surface area contributed by atoms with E-state index < -0.39 is 11.6 Å². The SMILES string of the molecule is COc1ccc(-c2c3n(c4c(=O)oc5cc(OC(C)=O)c(OC)cc5c24)CCc2cc(OC)c(OC)cc2-3)cc1OC. The summed E-state index contributed by atoms with van der Waals surface area (Å²) in [6.45, 7) is 1.82. The van der Waals surface area contributed by atoms with Crippen LogP contribution in [0, 0.1) is 0 Å². The van der Waals surface area contributed by atoms with E-state index in [9.17, 15) is 9.59 Å². The van der Waals surface area contributed by atoms with Crippen LogP contribution in [0.3, 0.4) is 0 Å². The molecule has 5 aromatic rings. The van der Waals surface area contributed by atoms with Crippen LogP contribution in [-0.2, 0) is 17.8 Å². The van der Waals surface area contributed by atoms with Gasteiger partial charge in [-0.1, -0.05) is 6.07 Å². The number of hydrogen-bond donors (Lipinski definition) is 0. The van der Waals surface area contributed by atoms with Crippen LogP contribution in [0.15, 0.2) is 51.7 Å². The van der Waals surface area contributed by atoms with Gasteiger partial charge in [-0.05, 0) is 47.9 Å². The van der Waals surface area contributed by atoms with Crippen molar-refractivity contribution in [1.82, 2.24) is 4.57 Å². The summed E-state index contributed by atoms with van der Waals surface area (Å²) in [4.78, 5) is 25.5. The van der Waals surface area contributed by atoms with Gasteiger partial charge in [0.05, 0.1) is 41.2 Å². The van der Waals surface area contributed by atoms with Crippen LogP contribution in [-0.4, -0.2) is 46.1 Å². The van der Waals surface area contributed by atoms with Gasteiger partial charge < -0.3 is 37.4 Å². The van der Waals surface area contributed by atoms with Crippen molar-refractivity contribution in [3.63, 3.8) is 0 Å². The summed E-state index contributed by atoms with van der Waals surface area (Å²) in [6.07, 6.45) is 0.657. The number of carbonyl (C=O) groups is 1. The molecule has 10 nitrogen and oxygen atoms in total. The summed E-state index contributed by atoms with van der Waals surface area (Å²) in [6, 6.07) is 12.8. The Hall–Kier alpha value is -5.12. The number of carbonyl (C=O) groups excluding carboxylic acids is 1. The summed E-state index contributed by atoms with van der Waals surface area (Å²) in [5.41, 5.74) is 4.50. The van der Waals surface area contributed by atoms with Crippen LogP contribution in [0.25, 0.3) is 44.3 Å². The first-order valence-electron chi connectivity index (χ1n) is 13.2. The molecule has 3 heterocycles. The molecule has 2 aromatic heterocycles. The van der Waals surface area contributed by atoms with E-state index in [4.69, 9.17) is 32.8 Å². The van der Waals surface area contributed by atoms with Crippen molar-refractivity contribution in [3.05, 3.63) is 58.4 Å². The average molecular weight is 572 g/mol. The normalized spacial score (nSPS) is 12.0. The Labute approximate surface area is 240 Å². The predicted octanol–water partition coefficient (Wildman–Crippen LogP) is 5.61. The quantitative estimate of drug-likeness (QED) is 0.140. The summed E-state index contributed by atoms with van der Waals surface area (Å²) < 4.78 is 41.2. The van der Waals surface area contributed by atoms with Crippen LogP contribution in [0.1, 0.15) is 12.5 Å². The lowest BCUT2D eigenvalue weighted by molar-refractivity contribution is -0.132. The zero-order valence-electron chi connectivity index (χ0n) is 24.1. The number of hydrogen-bond acceptors (Lipinski definition) is 9. The first-order chi connectivity index (χ1) is 20.3. The molecule has 0 amide bonds. The summed E-state index contributed by atoms with van der Waals surface area (Å²) in [5, 5.41) is 1.28. The molecule has 216 valence electrons. The lowest BCUT2D eigenvalue weighted by Gasteiger charge is -2.23. The van der Waals surface area contributed by atoms with Gasteiger partial charge in [-0.25, -0.2) is 4.79 Å². The fourth-order valence-corrected chi connectivity index (χ4v) is 5.81. The molecule has 42 heavy (non-hydrogen) atoms. The van der Waals surface area contributed by atoms with E-state index in [1.807, 2.05) is 34.9 Å². The monoisotopic (exact) mass is 571 g/mol. The number of ether oxygens (including phenoxy) is 6. The van der Waals surface area contributed by atoms with E-state index in [-0.39, 0.29) is 11.3 Å². The standard InChI is InChI=1S/C32H29NO9/c1-16(34)41-27-15-22-20(14-26(27)40-6)29-28(18-7-8-21(36-2)23(12-18)37-3)30-19-13-25(39-5)24(38-4)11-17(19)9-10-33(30)31(29)32(35)42-22/h7-8,11-15H,9-10H2,1-6H3. The molecule has 1 aliphatic rings. The highest BCUT2D eigenvalue weighted by Gasteiger charge is 2.31. The Balaban J connectivity index is 1.80. The van der Waals surface area contributed by atoms with Crippen LogP contribution in [0.5, 0.6) is 34.5 Å². The molecule has 10 heteroatoms. The number of aromatic nitrogens is 1. The first-order valence-corrected chi connectivity index (χ1v) is 13.2. The zero-order valence-corrected chi connectivity index (χ0v) is 24.1. The lowest BCUT2D eigenvalue weighted by atomic mass is 9.91. The van der Waals surface area contributed by atoms with Crippen LogP contribution < -0.4 is 34.0 Å². The van der Waals surface area contributed by atoms with Crippen molar-refractivity contribution in [3.8, 4) is 56.9 Å². The molecule has 3 aromatic carbocycles. The first kappa shape index (κ1) is 27.1. The number of esters is 1. The minimum Gasteiger partial charge on any atom is -0.493 e. The number of methoxy groups -OCH3 is 5. The minimum absolute atomic E-state index is 0.152. The van der Waals surface area contributed by atoms with E-state index in [2.05, 4.69) is 0 Å². The van der Waals surface area contributed by atoms with Gasteiger partial charge in [-0.15, -0.1) is 0 Å². The second kappa shape index (κ2) is 10.4. The fourth-order valence-electron chi connectivity index (χ4n) is 5.81. The van der Waals surface area contributed by atoms with Crippen molar-refractivity contribution in [2.24, 2.45) is 0 Å². The molecular weight excluding hydrogens is 542 g/mol. The Morgan fingerprint density at radius 3 is 2.10 bits per heavy atom. The molecule has 1 aliphatic heterocycles. The lowest BCUT2D eigenvalue weighted by Crippen LogP contribution is -2.15. The van der Waals surface area contributed by atoms with Gasteiger partial charge in [0.25, 0.3) is 0 Å². The molecule has 0 radical (unpaired) electrons. The summed E-state index contributed by atoms with van der Waals surface area (Å²) in [7, 11) is 7.84. The van der Waals surface area contributed by atoms with Gasteiger partial charge in [0.1, 0.15) is 11.1 Å². The third-order valence-electron chi connectivity index (χ3n) is 7.59. The highest BCUT2D eigenvalue weighted by atomic mass is 16.6. The minimum atomic E-state index is -0.526. The van der Waals surface area contributed by atoms with Crippen LogP contribution >= 0.6 is 0 Å². The van der Waals surface area contributed by atoms with Crippen molar-refractivity contribution in [2.45, 2.75) is 19.9 Å². The topological polar surface area (TPSA) is 108 Å².